The van der Waals surface area contributed by atoms with Crippen LogP contribution in [-0.4, -0.2) is 69.1 Å². The first-order chi connectivity index (χ1) is 22.7. The summed E-state index contributed by atoms with van der Waals surface area (Å²) in [6.07, 6.45) is 6.96. The number of hydrogen-bond donors (Lipinski definition) is 1. The maximum Gasteiger partial charge on any atom is 0.282 e. The first-order valence-corrected chi connectivity index (χ1v) is 19.2. The van der Waals surface area contributed by atoms with Crippen molar-refractivity contribution in [3.63, 3.8) is 0 Å². The SMILES string of the molecule is CCCC[C@H](C(=O)N1CC(F)(F)C1)[C@@H]1CC[C@H]1CN1C[C@@]2(CCCc3cc(Cl)ccc32)COc2ccc(C(=O)NS(=O)(=O)C(C)C)cc21. The molecule has 48 heavy (non-hydrogen) atoms. The number of alkyl halides is 2. The van der Waals surface area contributed by atoms with Crippen LogP contribution in [0.1, 0.15) is 87.2 Å². The van der Waals surface area contributed by atoms with Gasteiger partial charge in [0.25, 0.3) is 11.8 Å². The second-order valence-corrected chi connectivity index (χ2v) is 17.3. The van der Waals surface area contributed by atoms with E-state index in [0.717, 1.165) is 44.9 Å². The highest BCUT2D eigenvalue weighted by atomic mass is 35.5. The van der Waals surface area contributed by atoms with Crippen molar-refractivity contribution in [2.24, 2.45) is 17.8 Å². The molecule has 1 spiro atoms. The molecular formula is C36H46ClF2N3O5S. The predicted octanol–water partition coefficient (Wildman–Crippen LogP) is 6.59. The topological polar surface area (TPSA) is 96.0 Å². The molecular weight excluding hydrogens is 660 g/mol. The molecule has 2 aromatic rings. The van der Waals surface area contributed by atoms with E-state index in [2.05, 4.69) is 22.6 Å². The summed E-state index contributed by atoms with van der Waals surface area (Å²) in [5.74, 6) is -3.20. The normalized spacial score (nSPS) is 25.2. The van der Waals surface area contributed by atoms with Gasteiger partial charge in [-0.2, -0.15) is 0 Å². The van der Waals surface area contributed by atoms with Gasteiger partial charge in [0.1, 0.15) is 5.75 Å². The summed E-state index contributed by atoms with van der Waals surface area (Å²) in [7, 11) is -3.84. The smallest absolute Gasteiger partial charge is 0.282 e. The molecule has 4 atom stereocenters. The lowest BCUT2D eigenvalue weighted by molar-refractivity contribution is -0.173. The van der Waals surface area contributed by atoms with Gasteiger partial charge in [-0.1, -0.05) is 37.4 Å². The number of carbonyl (C=O) groups excluding carboxylic acids is 2. The second kappa shape index (κ2) is 13.4. The Morgan fingerprint density at radius 1 is 1.10 bits per heavy atom. The van der Waals surface area contributed by atoms with Crippen molar-refractivity contribution in [1.29, 1.82) is 0 Å². The minimum Gasteiger partial charge on any atom is -0.490 e. The Kier molecular flexibility index (Phi) is 9.76. The van der Waals surface area contributed by atoms with Crippen LogP contribution in [0.25, 0.3) is 0 Å². The van der Waals surface area contributed by atoms with E-state index in [-0.39, 0.29) is 34.6 Å². The number of rotatable bonds is 10. The number of nitrogens with one attached hydrogen (secondary N) is 1. The van der Waals surface area contributed by atoms with Crippen LogP contribution in [0, 0.1) is 17.8 Å². The molecule has 2 aliphatic heterocycles. The third-order valence-electron chi connectivity index (χ3n) is 10.9. The molecule has 2 aliphatic carbocycles. The molecule has 2 amide bonds. The van der Waals surface area contributed by atoms with E-state index in [1.807, 2.05) is 12.1 Å². The molecule has 6 rings (SSSR count). The first-order valence-electron chi connectivity index (χ1n) is 17.3. The van der Waals surface area contributed by atoms with Crippen molar-refractivity contribution in [2.45, 2.75) is 88.7 Å². The fourth-order valence-electron chi connectivity index (χ4n) is 8.04. The number of unbranched alkanes of at least 4 members (excludes halogenated alkanes) is 1. The number of ether oxygens (including phenoxy) is 1. The highest BCUT2D eigenvalue weighted by molar-refractivity contribution is 7.90. The number of halogens is 3. The van der Waals surface area contributed by atoms with Gasteiger partial charge < -0.3 is 14.5 Å². The van der Waals surface area contributed by atoms with Crippen LogP contribution in [0.5, 0.6) is 5.75 Å². The van der Waals surface area contributed by atoms with E-state index in [1.54, 1.807) is 18.2 Å². The van der Waals surface area contributed by atoms with Gasteiger partial charge in [0.2, 0.25) is 15.9 Å². The van der Waals surface area contributed by atoms with Crippen LogP contribution in [0.4, 0.5) is 14.5 Å². The van der Waals surface area contributed by atoms with Crippen molar-refractivity contribution < 1.29 is 31.5 Å². The molecule has 12 heteroatoms. The molecule has 4 aliphatic rings. The Labute approximate surface area is 287 Å². The zero-order valence-corrected chi connectivity index (χ0v) is 29.5. The summed E-state index contributed by atoms with van der Waals surface area (Å²) in [5.41, 5.74) is 2.93. The van der Waals surface area contributed by atoms with Crippen molar-refractivity contribution in [1.82, 2.24) is 9.62 Å². The Morgan fingerprint density at radius 2 is 1.88 bits per heavy atom. The van der Waals surface area contributed by atoms with Crippen molar-refractivity contribution in [3.05, 3.63) is 58.1 Å². The molecule has 1 saturated carbocycles. The number of likely N-dealkylation sites (tertiary alicyclic amines) is 1. The number of amides is 2. The second-order valence-electron chi connectivity index (χ2n) is 14.6. The summed E-state index contributed by atoms with van der Waals surface area (Å²) in [4.78, 5) is 30.4. The Bertz CT molecular complexity index is 1660. The number of carbonyl (C=O) groups is 2. The number of nitrogens with zero attached hydrogens (tertiary/aromatic N) is 2. The monoisotopic (exact) mass is 705 g/mol. The summed E-state index contributed by atoms with van der Waals surface area (Å²) < 4.78 is 61.4. The fraction of sp³-hybridized carbons (Fsp3) is 0.611. The van der Waals surface area contributed by atoms with Crippen LogP contribution in [0.2, 0.25) is 5.02 Å². The van der Waals surface area contributed by atoms with Crippen LogP contribution < -0.4 is 14.4 Å². The highest BCUT2D eigenvalue weighted by Crippen LogP contribution is 2.48. The van der Waals surface area contributed by atoms with E-state index in [9.17, 15) is 26.8 Å². The lowest BCUT2D eigenvalue weighted by atomic mass is 9.64. The van der Waals surface area contributed by atoms with Gasteiger partial charge >= 0.3 is 0 Å². The van der Waals surface area contributed by atoms with Crippen LogP contribution in [-0.2, 0) is 26.7 Å². The lowest BCUT2D eigenvalue weighted by Crippen LogP contribution is -2.61. The van der Waals surface area contributed by atoms with Crippen molar-refractivity contribution >= 4 is 39.1 Å². The van der Waals surface area contributed by atoms with Crippen LogP contribution in [0.3, 0.4) is 0 Å². The van der Waals surface area contributed by atoms with E-state index in [4.69, 9.17) is 16.3 Å². The van der Waals surface area contributed by atoms with Gasteiger partial charge in [-0.05, 0) is 106 Å². The number of anilines is 1. The number of fused-ring (bicyclic) bond motifs is 3. The maximum absolute atomic E-state index is 13.8. The predicted molar refractivity (Wildman–Crippen MR) is 182 cm³/mol. The molecule has 8 nitrogen and oxygen atoms in total. The van der Waals surface area contributed by atoms with E-state index in [1.165, 1.54) is 29.9 Å². The van der Waals surface area contributed by atoms with Gasteiger partial charge in [0, 0.05) is 35.0 Å². The maximum atomic E-state index is 13.8. The summed E-state index contributed by atoms with van der Waals surface area (Å²) in [6.45, 7) is 5.69. The van der Waals surface area contributed by atoms with Gasteiger partial charge in [0.15, 0.2) is 0 Å². The van der Waals surface area contributed by atoms with Crippen molar-refractivity contribution in [2.75, 3.05) is 37.7 Å². The molecule has 0 aromatic heterocycles. The lowest BCUT2D eigenvalue weighted by Gasteiger charge is -2.48. The molecule has 262 valence electrons. The Morgan fingerprint density at radius 3 is 2.54 bits per heavy atom. The summed E-state index contributed by atoms with van der Waals surface area (Å²) in [6, 6.07) is 11.1. The van der Waals surface area contributed by atoms with E-state index >= 15 is 0 Å². The van der Waals surface area contributed by atoms with Gasteiger partial charge in [0.05, 0.1) is 30.6 Å². The molecule has 2 heterocycles. The minimum absolute atomic E-state index is 0.0574. The zero-order valence-electron chi connectivity index (χ0n) is 27.9. The third kappa shape index (κ3) is 6.91. The standard InChI is InChI=1S/C36H46ClF2N3O5S/c1-4-5-8-29(34(44)42-20-36(38,39)21-42)28-12-9-26(28)18-41-19-35(15-6-7-24-16-27(37)11-13-30(24)35)22-47-32-14-10-25(17-31(32)41)33(43)40-48(45,46)23(2)3/h10-11,13-14,16-17,23,26,28-29H,4-9,12,15,18-22H2,1-3H3,(H,40,43)/t26-,28+,29-,35-/m0/s1. The molecule has 0 unspecified atom stereocenters. The fourth-order valence-corrected chi connectivity index (χ4v) is 8.85. The highest BCUT2D eigenvalue weighted by Gasteiger charge is 2.51. The zero-order chi connectivity index (χ0) is 34.4. The molecule has 2 fully saturated rings. The number of aryl methyl sites for hydroxylation is 1. The minimum atomic E-state index is -3.84. The Balaban J connectivity index is 1.33. The first kappa shape index (κ1) is 34.9. The van der Waals surface area contributed by atoms with Crippen LogP contribution >= 0.6 is 11.6 Å². The average molecular weight is 706 g/mol. The average Bonchev–Trinajstić information content (AvgIpc) is 3.16. The molecule has 0 bridgehead atoms. The number of hydrogen-bond acceptors (Lipinski definition) is 6. The number of sulfonamides is 1. The van der Waals surface area contributed by atoms with E-state index < -0.39 is 40.2 Å². The summed E-state index contributed by atoms with van der Waals surface area (Å²) in [5, 5.41) is -0.0872. The number of benzene rings is 2. The largest absolute Gasteiger partial charge is 0.490 e. The van der Waals surface area contributed by atoms with Gasteiger partial charge in [-0.15, -0.1) is 0 Å². The van der Waals surface area contributed by atoms with E-state index in [0.29, 0.717) is 42.6 Å². The van der Waals surface area contributed by atoms with Gasteiger partial charge in [-0.25, -0.2) is 21.9 Å². The molecule has 1 saturated heterocycles. The quantitative estimate of drug-likeness (QED) is 0.300. The molecule has 1 N–H and O–H groups in total. The van der Waals surface area contributed by atoms with Gasteiger partial charge in [-0.3, -0.25) is 9.59 Å². The van der Waals surface area contributed by atoms with Crippen LogP contribution in [0.15, 0.2) is 36.4 Å². The summed E-state index contributed by atoms with van der Waals surface area (Å²) >= 11 is 6.41. The Hall–Kier alpha value is -2.92. The molecule has 2 aromatic carbocycles. The molecule has 0 radical (unpaired) electrons. The third-order valence-corrected chi connectivity index (χ3v) is 12.9. The van der Waals surface area contributed by atoms with Crippen molar-refractivity contribution in [3.8, 4) is 5.75 Å².